The van der Waals surface area contributed by atoms with Crippen molar-refractivity contribution in [1.82, 2.24) is 10.0 Å². The van der Waals surface area contributed by atoms with Crippen molar-refractivity contribution in [2.45, 2.75) is 11.3 Å². The van der Waals surface area contributed by atoms with Crippen molar-refractivity contribution in [1.29, 1.82) is 0 Å². The lowest BCUT2D eigenvalue weighted by Crippen LogP contribution is -2.32. The molecule has 3 N–H and O–H groups in total. The Bertz CT molecular complexity index is 877. The molecule has 2 amide bonds. The minimum Gasteiger partial charge on any atom is -0.338 e. The van der Waals surface area contributed by atoms with Crippen molar-refractivity contribution in [3.63, 3.8) is 0 Å². The van der Waals surface area contributed by atoms with E-state index in [-0.39, 0.29) is 18.0 Å². The lowest BCUT2D eigenvalue weighted by Gasteiger charge is -2.09. The van der Waals surface area contributed by atoms with Gasteiger partial charge in [-0.2, -0.15) is 0 Å². The number of sulfonamides is 1. The summed E-state index contributed by atoms with van der Waals surface area (Å²) in [6.45, 7) is 0.367. The van der Waals surface area contributed by atoms with Crippen molar-refractivity contribution in [3.05, 3.63) is 58.3 Å². The number of rotatable bonds is 7. The van der Waals surface area contributed by atoms with Gasteiger partial charge in [-0.15, -0.1) is 0 Å². The Labute approximate surface area is 160 Å². The van der Waals surface area contributed by atoms with Gasteiger partial charge >= 0.3 is 6.03 Å². The molecule has 0 aliphatic rings. The van der Waals surface area contributed by atoms with E-state index in [1.165, 1.54) is 18.2 Å². The van der Waals surface area contributed by atoms with Crippen LogP contribution in [0.3, 0.4) is 0 Å². The fraction of sp³-hybridized carbons (Fsp3) is 0.188. The summed E-state index contributed by atoms with van der Waals surface area (Å²) in [6.07, 6.45) is 0.370. The molecule has 0 radical (unpaired) electrons. The molecule has 0 saturated heterocycles. The van der Waals surface area contributed by atoms with Gasteiger partial charge in [-0.3, -0.25) is 0 Å². The largest absolute Gasteiger partial charge is 0.338 e. The van der Waals surface area contributed by atoms with Crippen LogP contribution in [-0.2, 0) is 10.0 Å². The van der Waals surface area contributed by atoms with Crippen LogP contribution in [0.1, 0.15) is 6.42 Å². The second-order valence-electron chi connectivity index (χ2n) is 5.22. The zero-order chi connectivity index (χ0) is 19.2. The van der Waals surface area contributed by atoms with Crippen molar-refractivity contribution < 1.29 is 17.6 Å². The molecular formula is C16H16Cl2FN3O3S. The molecular weight excluding hydrogens is 404 g/mol. The summed E-state index contributed by atoms with van der Waals surface area (Å²) in [5, 5.41) is 5.87. The van der Waals surface area contributed by atoms with E-state index < -0.39 is 21.9 Å². The Morgan fingerprint density at radius 2 is 1.69 bits per heavy atom. The number of hydrogen-bond acceptors (Lipinski definition) is 3. The van der Waals surface area contributed by atoms with Gasteiger partial charge < -0.3 is 10.6 Å². The van der Waals surface area contributed by atoms with Gasteiger partial charge in [-0.05, 0) is 48.9 Å². The molecule has 0 aliphatic heterocycles. The molecule has 140 valence electrons. The number of urea groups is 1. The molecule has 0 heterocycles. The summed E-state index contributed by atoms with van der Waals surface area (Å²) >= 11 is 11.6. The Hall–Kier alpha value is -1.87. The van der Waals surface area contributed by atoms with Gasteiger partial charge in [0, 0.05) is 18.8 Å². The van der Waals surface area contributed by atoms with E-state index in [1.807, 2.05) is 0 Å². The smallest absolute Gasteiger partial charge is 0.319 e. The van der Waals surface area contributed by atoms with Crippen molar-refractivity contribution in [2.75, 3.05) is 18.4 Å². The van der Waals surface area contributed by atoms with Crippen molar-refractivity contribution in [2.24, 2.45) is 0 Å². The van der Waals surface area contributed by atoms with Crippen LogP contribution < -0.4 is 15.4 Å². The van der Waals surface area contributed by atoms with E-state index in [2.05, 4.69) is 15.4 Å². The van der Waals surface area contributed by atoms with Gasteiger partial charge in [0.15, 0.2) is 0 Å². The number of nitrogens with one attached hydrogen (secondary N) is 3. The third-order valence-electron chi connectivity index (χ3n) is 3.23. The molecule has 6 nitrogen and oxygen atoms in total. The standard InChI is InChI=1S/C16H16Cl2FN3O3S/c17-14-7-4-12(10-15(14)18)22-16(23)20-8-1-9-21-26(24,25)13-5-2-11(19)3-6-13/h2-7,10,21H,1,8-9H2,(H2,20,22,23). The lowest BCUT2D eigenvalue weighted by atomic mass is 10.3. The molecule has 0 saturated carbocycles. The van der Waals surface area contributed by atoms with Gasteiger partial charge in [0.2, 0.25) is 10.0 Å². The number of carbonyl (C=O) groups excluding carboxylic acids is 1. The molecule has 2 rings (SSSR count). The molecule has 26 heavy (non-hydrogen) atoms. The first-order chi connectivity index (χ1) is 12.3. The summed E-state index contributed by atoms with van der Waals surface area (Å²) in [6, 6.07) is 8.73. The van der Waals surface area contributed by atoms with Crippen LogP contribution in [-0.4, -0.2) is 27.5 Å². The summed E-state index contributed by atoms with van der Waals surface area (Å²) < 4.78 is 39.2. The van der Waals surface area contributed by atoms with Gasteiger partial charge in [-0.1, -0.05) is 23.2 Å². The Balaban J connectivity index is 1.72. The number of carbonyl (C=O) groups is 1. The normalized spacial score (nSPS) is 11.2. The highest BCUT2D eigenvalue weighted by molar-refractivity contribution is 7.89. The highest BCUT2D eigenvalue weighted by Crippen LogP contribution is 2.24. The number of amides is 2. The average Bonchev–Trinajstić information content (AvgIpc) is 2.58. The Kier molecular flexibility index (Phi) is 7.22. The lowest BCUT2D eigenvalue weighted by molar-refractivity contribution is 0.252. The van der Waals surface area contributed by atoms with Gasteiger partial charge in [0.1, 0.15) is 5.82 Å². The van der Waals surface area contributed by atoms with Gasteiger partial charge in [0.05, 0.1) is 14.9 Å². The summed E-state index contributed by atoms with van der Waals surface area (Å²) in [5.74, 6) is -0.513. The summed E-state index contributed by atoms with van der Waals surface area (Å²) in [4.78, 5) is 11.7. The van der Waals surface area contributed by atoms with Crippen LogP contribution in [0.5, 0.6) is 0 Å². The Morgan fingerprint density at radius 1 is 1.00 bits per heavy atom. The predicted octanol–water partition coefficient (Wildman–Crippen LogP) is 3.62. The van der Waals surface area contributed by atoms with Gasteiger partial charge in [-0.25, -0.2) is 22.3 Å². The summed E-state index contributed by atoms with van der Waals surface area (Å²) in [7, 11) is -3.71. The van der Waals surface area contributed by atoms with Crippen molar-refractivity contribution in [3.8, 4) is 0 Å². The number of hydrogen-bond donors (Lipinski definition) is 3. The molecule has 2 aromatic carbocycles. The number of anilines is 1. The first kappa shape index (κ1) is 20.4. The first-order valence-electron chi connectivity index (χ1n) is 7.53. The third-order valence-corrected chi connectivity index (χ3v) is 5.45. The molecule has 0 spiro atoms. The molecule has 0 aromatic heterocycles. The van der Waals surface area contributed by atoms with Crippen molar-refractivity contribution >= 4 is 44.9 Å². The topological polar surface area (TPSA) is 87.3 Å². The predicted molar refractivity (Wildman–Crippen MR) is 99.7 cm³/mol. The highest BCUT2D eigenvalue weighted by Gasteiger charge is 2.13. The average molecular weight is 420 g/mol. The van der Waals surface area contributed by atoms with Crippen LogP contribution >= 0.6 is 23.2 Å². The molecule has 2 aromatic rings. The summed E-state index contributed by atoms with van der Waals surface area (Å²) in [5.41, 5.74) is 0.480. The maximum atomic E-state index is 12.8. The fourth-order valence-corrected chi connectivity index (χ4v) is 3.32. The quantitative estimate of drug-likeness (QED) is 0.598. The van der Waals surface area contributed by atoms with E-state index in [1.54, 1.807) is 12.1 Å². The SMILES string of the molecule is O=C(NCCCNS(=O)(=O)c1ccc(F)cc1)Nc1ccc(Cl)c(Cl)c1. The van der Waals surface area contributed by atoms with Crippen LogP contribution in [0.15, 0.2) is 47.4 Å². The second kappa shape index (κ2) is 9.18. The van der Waals surface area contributed by atoms with E-state index in [0.29, 0.717) is 22.2 Å². The van der Waals surface area contributed by atoms with Crippen LogP contribution in [0.25, 0.3) is 0 Å². The number of halogens is 3. The molecule has 10 heteroatoms. The zero-order valence-electron chi connectivity index (χ0n) is 13.4. The van der Waals surface area contributed by atoms with Crippen LogP contribution in [0.2, 0.25) is 10.0 Å². The van der Waals surface area contributed by atoms with Gasteiger partial charge in [0.25, 0.3) is 0 Å². The molecule has 0 aliphatic carbocycles. The maximum absolute atomic E-state index is 12.8. The monoisotopic (exact) mass is 419 g/mol. The minimum absolute atomic E-state index is 0.0239. The van der Waals surface area contributed by atoms with E-state index >= 15 is 0 Å². The zero-order valence-corrected chi connectivity index (χ0v) is 15.8. The second-order valence-corrected chi connectivity index (χ2v) is 7.80. The minimum atomic E-state index is -3.71. The Morgan fingerprint density at radius 3 is 2.35 bits per heavy atom. The maximum Gasteiger partial charge on any atom is 0.319 e. The third kappa shape index (κ3) is 6.14. The first-order valence-corrected chi connectivity index (χ1v) is 9.77. The molecule has 0 fully saturated rings. The number of benzene rings is 2. The van der Waals surface area contributed by atoms with E-state index in [9.17, 15) is 17.6 Å². The van der Waals surface area contributed by atoms with E-state index in [0.717, 1.165) is 12.1 Å². The molecule has 0 bridgehead atoms. The molecule has 0 atom stereocenters. The highest BCUT2D eigenvalue weighted by atomic mass is 35.5. The van der Waals surface area contributed by atoms with Crippen LogP contribution in [0.4, 0.5) is 14.9 Å². The fourth-order valence-electron chi connectivity index (χ4n) is 1.94. The molecule has 0 unspecified atom stereocenters. The van der Waals surface area contributed by atoms with E-state index in [4.69, 9.17) is 23.2 Å². The van der Waals surface area contributed by atoms with Crippen LogP contribution in [0, 0.1) is 5.82 Å².